The molecule has 0 spiro atoms. The minimum atomic E-state index is 0. The van der Waals surface area contributed by atoms with Crippen LogP contribution in [0.5, 0.6) is 0 Å². The van der Waals surface area contributed by atoms with Crippen molar-refractivity contribution in [2.45, 2.75) is 0 Å². The van der Waals surface area contributed by atoms with Gasteiger partial charge in [0.05, 0.1) is 0 Å². The first-order valence-corrected chi connectivity index (χ1v) is 0.775. The summed E-state index contributed by atoms with van der Waals surface area (Å²) >= 11 is 1.42. The zero-order valence-electron chi connectivity index (χ0n) is 1.78. The second-order valence-electron chi connectivity index (χ2n) is 0. The summed E-state index contributed by atoms with van der Waals surface area (Å²) < 4.78 is 6.92. The molecule has 0 radical (unpaired) electrons. The fourth-order valence-corrected chi connectivity index (χ4v) is 0. The zero-order valence-corrected chi connectivity index (χ0v) is 6.11. The Morgan fingerprint density at radius 2 is 1.00 bits per heavy atom. The molecule has 4 heavy (non-hydrogen) atoms. The maximum atomic E-state index is 6.92. The molecule has 0 aliphatic carbocycles. The molecule has 0 heterocycles. The monoisotopic (exact) mass is 202 g/mol. The average molecular weight is 204 g/mol. The molecular formula is HAlBr2O. The van der Waals surface area contributed by atoms with Crippen LogP contribution in [0.2, 0.25) is 0 Å². The van der Waals surface area contributed by atoms with E-state index < -0.39 is 0 Å². The van der Waals surface area contributed by atoms with Crippen molar-refractivity contribution in [2.75, 3.05) is 0 Å². The summed E-state index contributed by atoms with van der Waals surface area (Å²) in [6, 6.07) is 0. The molecule has 0 aliphatic heterocycles. The fraction of sp³-hybridized carbons (Fsp3) is 0. The topological polar surface area (TPSA) is 20.2 Å². The van der Waals surface area contributed by atoms with Gasteiger partial charge in [-0.3, -0.25) is 0 Å². The van der Waals surface area contributed by atoms with Crippen LogP contribution in [0.3, 0.4) is 0 Å². The van der Waals surface area contributed by atoms with Gasteiger partial charge >= 0.3 is 20.8 Å². The van der Waals surface area contributed by atoms with Gasteiger partial charge in [-0.05, 0) is 0 Å². The third-order valence-electron chi connectivity index (χ3n) is 0. The summed E-state index contributed by atoms with van der Waals surface area (Å²) in [5.74, 6) is 0. The first-order valence-electron chi connectivity index (χ1n) is 0.258. The van der Waals surface area contributed by atoms with E-state index in [0.717, 1.165) is 0 Å². The van der Waals surface area contributed by atoms with E-state index in [1.165, 1.54) is 16.6 Å². The SMILES string of the molecule is [Br-].[Br-].[OH][Al+2]. The zero-order chi connectivity index (χ0) is 2.00. The van der Waals surface area contributed by atoms with Gasteiger partial charge in [0, 0.05) is 0 Å². The predicted molar refractivity (Wildman–Crippen MR) is 7.97 cm³/mol. The van der Waals surface area contributed by atoms with E-state index in [1.807, 2.05) is 0 Å². The molecule has 0 aromatic rings. The number of rotatable bonds is 0. The summed E-state index contributed by atoms with van der Waals surface area (Å²) in [7, 11) is 0. The second kappa shape index (κ2) is 25.2. The van der Waals surface area contributed by atoms with E-state index in [9.17, 15) is 0 Å². The standard InChI is InChI=1S/Al.2BrH.H2O/h;2*1H;1H2/q+3;;;/p-3. The Balaban J connectivity index is -0.00000000500. The van der Waals surface area contributed by atoms with Gasteiger partial charge < -0.3 is 34.0 Å². The summed E-state index contributed by atoms with van der Waals surface area (Å²) in [6.07, 6.45) is 0. The van der Waals surface area contributed by atoms with E-state index in [-0.39, 0.29) is 34.0 Å². The Labute approximate surface area is 54.7 Å². The van der Waals surface area contributed by atoms with Gasteiger partial charge in [0.1, 0.15) is 0 Å². The van der Waals surface area contributed by atoms with Gasteiger partial charge in [0.2, 0.25) is 0 Å². The van der Waals surface area contributed by atoms with Crippen LogP contribution in [0.1, 0.15) is 0 Å². The van der Waals surface area contributed by atoms with Gasteiger partial charge in [-0.25, -0.2) is 0 Å². The summed E-state index contributed by atoms with van der Waals surface area (Å²) in [5.41, 5.74) is 0. The van der Waals surface area contributed by atoms with E-state index in [4.69, 9.17) is 4.16 Å². The summed E-state index contributed by atoms with van der Waals surface area (Å²) in [6.45, 7) is 0. The predicted octanol–water partition coefficient (Wildman–Crippen LogP) is -6.93. The van der Waals surface area contributed by atoms with Crippen molar-refractivity contribution in [3.63, 3.8) is 0 Å². The van der Waals surface area contributed by atoms with Crippen LogP contribution in [0.25, 0.3) is 0 Å². The first-order chi connectivity index (χ1) is 1.00. The molecule has 0 unspecified atom stereocenters. The van der Waals surface area contributed by atoms with Crippen LogP contribution < -0.4 is 34.0 Å². The van der Waals surface area contributed by atoms with Gasteiger partial charge in [-0.2, -0.15) is 0 Å². The molecule has 1 nitrogen and oxygen atoms in total. The van der Waals surface area contributed by atoms with Crippen LogP contribution in [0.15, 0.2) is 0 Å². The third-order valence-corrected chi connectivity index (χ3v) is 0. The minimum absolute atomic E-state index is 0. The Morgan fingerprint density at radius 1 is 1.00 bits per heavy atom. The fourth-order valence-electron chi connectivity index (χ4n) is 0. The molecule has 0 amide bonds. The first kappa shape index (κ1) is 18.0. The molecule has 0 fully saturated rings. The van der Waals surface area contributed by atoms with Gasteiger partial charge in [-0.15, -0.1) is 0 Å². The molecule has 0 aliphatic rings. The van der Waals surface area contributed by atoms with E-state index in [2.05, 4.69) is 0 Å². The average Bonchev–Trinajstić information content (AvgIpc) is 1.00. The second-order valence-corrected chi connectivity index (χ2v) is 0. The van der Waals surface area contributed by atoms with Crippen LogP contribution in [0, 0.1) is 0 Å². The van der Waals surface area contributed by atoms with E-state index in [1.54, 1.807) is 0 Å². The van der Waals surface area contributed by atoms with Crippen molar-refractivity contribution >= 4 is 16.6 Å². The summed E-state index contributed by atoms with van der Waals surface area (Å²) in [4.78, 5) is 0. The van der Waals surface area contributed by atoms with Crippen molar-refractivity contribution in [2.24, 2.45) is 0 Å². The van der Waals surface area contributed by atoms with Crippen molar-refractivity contribution in [1.29, 1.82) is 0 Å². The van der Waals surface area contributed by atoms with Gasteiger partial charge in [-0.1, -0.05) is 0 Å². The van der Waals surface area contributed by atoms with Crippen molar-refractivity contribution < 1.29 is 38.1 Å². The molecule has 24 valence electrons. The number of hydrogen-bond donors (Lipinski definition) is 1. The molecule has 0 rings (SSSR count). The number of hydrogen-bond acceptors (Lipinski definition) is 1. The Kier molecular flexibility index (Phi) is 113. The van der Waals surface area contributed by atoms with E-state index in [0.29, 0.717) is 0 Å². The Morgan fingerprint density at radius 3 is 1.00 bits per heavy atom. The Bertz CT molecular complexity index is 6.00. The molecule has 0 atom stereocenters. The molecule has 0 aromatic heterocycles. The van der Waals surface area contributed by atoms with Gasteiger partial charge in [0.25, 0.3) is 0 Å². The van der Waals surface area contributed by atoms with Crippen LogP contribution in [-0.4, -0.2) is 20.8 Å². The van der Waals surface area contributed by atoms with Crippen LogP contribution >= 0.6 is 0 Å². The van der Waals surface area contributed by atoms with Crippen molar-refractivity contribution in [1.82, 2.24) is 0 Å². The van der Waals surface area contributed by atoms with Gasteiger partial charge in [0.15, 0.2) is 0 Å². The molecule has 4 heteroatoms. The molecule has 0 saturated carbocycles. The third kappa shape index (κ3) is 9.84. The molecule has 0 bridgehead atoms. The van der Waals surface area contributed by atoms with Crippen LogP contribution in [0.4, 0.5) is 0 Å². The van der Waals surface area contributed by atoms with Crippen LogP contribution in [-0.2, 0) is 0 Å². The maximum absolute atomic E-state index is 6.92. The quantitative estimate of drug-likeness (QED) is 0.388. The molecule has 0 aromatic carbocycles. The molecular weight excluding hydrogens is 203 g/mol. The van der Waals surface area contributed by atoms with Crippen molar-refractivity contribution in [3.8, 4) is 0 Å². The normalized spacial score (nSPS) is 1.75. The van der Waals surface area contributed by atoms with E-state index >= 15 is 0 Å². The summed E-state index contributed by atoms with van der Waals surface area (Å²) in [5, 5.41) is 0. The van der Waals surface area contributed by atoms with Crippen molar-refractivity contribution in [3.05, 3.63) is 0 Å². The molecule has 1 N–H and O–H groups in total. The molecule has 0 saturated heterocycles. The Hall–Kier alpha value is 1.45. The number of halogens is 2.